The number of benzene rings is 2. The first-order valence-corrected chi connectivity index (χ1v) is 12.6. The predicted octanol–water partition coefficient (Wildman–Crippen LogP) is 2.86. The summed E-state index contributed by atoms with van der Waals surface area (Å²) in [6.07, 6.45) is 3.97. The number of anilines is 1. The molecule has 9 nitrogen and oxygen atoms in total. The van der Waals surface area contributed by atoms with Gasteiger partial charge in [0.1, 0.15) is 11.5 Å². The Balaban J connectivity index is 1.94. The number of fused-ring (bicyclic) bond motifs is 3. The molecule has 1 amide bonds. The van der Waals surface area contributed by atoms with Crippen LogP contribution in [0.3, 0.4) is 0 Å². The van der Waals surface area contributed by atoms with Crippen LogP contribution in [0.25, 0.3) is 32.8 Å². The van der Waals surface area contributed by atoms with E-state index >= 15 is 0 Å². The zero-order valence-corrected chi connectivity index (χ0v) is 19.5. The Hall–Kier alpha value is -4.44. The van der Waals surface area contributed by atoms with E-state index in [2.05, 4.69) is 14.7 Å². The highest BCUT2D eigenvalue weighted by Crippen LogP contribution is 2.38. The number of nitrogen functional groups attached to an aromatic ring is 1. The molecule has 3 aromatic heterocycles. The van der Waals surface area contributed by atoms with Gasteiger partial charge in [0.05, 0.1) is 11.8 Å². The standard InChI is InChI=1S/C25H21N5O4S/c1-35(33,34)29-25(32)23-22(18-7-4-11-28-24(18)31)21-17-6-3-2-5-16(17)8-9-19(21)30(23)14-15-10-12-27-20(26)13-15/h2-13H,14H2,1H3,(H2,26,27)(H,28,31)(H,29,32). The molecule has 5 aromatic rings. The van der Waals surface area contributed by atoms with E-state index in [9.17, 15) is 18.0 Å². The first-order chi connectivity index (χ1) is 16.7. The van der Waals surface area contributed by atoms with Crippen LogP contribution in [0, 0.1) is 0 Å². The molecule has 10 heteroatoms. The van der Waals surface area contributed by atoms with Crippen molar-refractivity contribution in [3.63, 3.8) is 0 Å². The molecule has 0 saturated heterocycles. The highest BCUT2D eigenvalue weighted by Gasteiger charge is 2.28. The highest BCUT2D eigenvalue weighted by atomic mass is 32.2. The number of hydrogen-bond acceptors (Lipinski definition) is 6. The highest BCUT2D eigenvalue weighted by molar-refractivity contribution is 7.89. The molecule has 0 unspecified atom stereocenters. The van der Waals surface area contributed by atoms with Crippen LogP contribution in [0.5, 0.6) is 0 Å². The molecule has 176 valence electrons. The van der Waals surface area contributed by atoms with Crippen molar-refractivity contribution in [1.29, 1.82) is 0 Å². The Labute approximate surface area is 200 Å². The number of carbonyl (C=O) groups excluding carboxylic acids is 1. The Morgan fingerprint density at radius 3 is 2.66 bits per heavy atom. The maximum atomic E-state index is 13.5. The van der Waals surface area contributed by atoms with Gasteiger partial charge in [0.15, 0.2) is 0 Å². The fourth-order valence-electron chi connectivity index (χ4n) is 4.39. The molecule has 0 aliphatic heterocycles. The Bertz CT molecular complexity index is 1790. The quantitative estimate of drug-likeness (QED) is 0.348. The van der Waals surface area contributed by atoms with E-state index in [1.165, 1.54) is 6.20 Å². The molecule has 35 heavy (non-hydrogen) atoms. The third-order valence-electron chi connectivity index (χ3n) is 5.72. The van der Waals surface area contributed by atoms with E-state index in [-0.39, 0.29) is 17.8 Å². The zero-order chi connectivity index (χ0) is 24.7. The molecule has 2 aromatic carbocycles. The van der Waals surface area contributed by atoms with Crippen molar-refractivity contribution in [3.8, 4) is 11.1 Å². The number of nitrogens with zero attached hydrogens (tertiary/aromatic N) is 2. The summed E-state index contributed by atoms with van der Waals surface area (Å²) in [5.74, 6) is -0.528. The van der Waals surface area contributed by atoms with Crippen molar-refractivity contribution in [3.05, 3.63) is 94.7 Å². The molecule has 5 rings (SSSR count). The average Bonchev–Trinajstić information content (AvgIpc) is 3.13. The summed E-state index contributed by atoms with van der Waals surface area (Å²) < 4.78 is 27.9. The van der Waals surface area contributed by atoms with Gasteiger partial charge in [-0.25, -0.2) is 18.1 Å². The summed E-state index contributed by atoms with van der Waals surface area (Å²) in [5.41, 5.74) is 7.54. The number of carbonyl (C=O) groups is 1. The molecule has 0 saturated carbocycles. The Kier molecular flexibility index (Phi) is 5.37. The number of aromatic amines is 1. The minimum absolute atomic E-state index is 0.0499. The summed E-state index contributed by atoms with van der Waals surface area (Å²) in [5, 5.41) is 2.40. The Morgan fingerprint density at radius 2 is 1.91 bits per heavy atom. The fourth-order valence-corrected chi connectivity index (χ4v) is 4.83. The number of hydrogen-bond donors (Lipinski definition) is 3. The maximum absolute atomic E-state index is 13.5. The van der Waals surface area contributed by atoms with Crippen LogP contribution in [-0.4, -0.2) is 35.1 Å². The maximum Gasteiger partial charge on any atom is 0.282 e. The Morgan fingerprint density at radius 1 is 1.11 bits per heavy atom. The lowest BCUT2D eigenvalue weighted by Crippen LogP contribution is -2.31. The molecular formula is C25H21N5O4S. The molecule has 3 heterocycles. The van der Waals surface area contributed by atoms with Gasteiger partial charge >= 0.3 is 0 Å². The van der Waals surface area contributed by atoms with Gasteiger partial charge in [0.2, 0.25) is 10.0 Å². The van der Waals surface area contributed by atoms with Gasteiger partial charge in [-0.15, -0.1) is 0 Å². The lowest BCUT2D eigenvalue weighted by molar-refractivity contribution is 0.0974. The molecule has 0 aliphatic rings. The molecule has 0 aliphatic carbocycles. The van der Waals surface area contributed by atoms with Gasteiger partial charge in [0, 0.05) is 35.5 Å². The second kappa shape index (κ2) is 8.41. The molecule has 4 N–H and O–H groups in total. The monoisotopic (exact) mass is 487 g/mol. The number of nitrogens with two attached hydrogens (primary N) is 1. The molecule has 0 fully saturated rings. The molecule has 0 atom stereocenters. The van der Waals surface area contributed by atoms with Gasteiger partial charge in [-0.3, -0.25) is 9.59 Å². The summed E-state index contributed by atoms with van der Waals surface area (Å²) in [4.78, 5) is 33.1. The fraction of sp³-hybridized carbons (Fsp3) is 0.0800. The topological polar surface area (TPSA) is 140 Å². The number of amides is 1. The van der Waals surface area contributed by atoms with Crippen LogP contribution in [0.15, 0.2) is 77.9 Å². The number of rotatable bonds is 5. The lowest BCUT2D eigenvalue weighted by atomic mass is 9.98. The van der Waals surface area contributed by atoms with Gasteiger partial charge in [-0.1, -0.05) is 30.3 Å². The number of aromatic nitrogens is 3. The van der Waals surface area contributed by atoms with Crippen LogP contribution < -0.4 is 16.0 Å². The SMILES string of the molecule is CS(=O)(=O)NC(=O)c1c(-c2ccc[nH]c2=O)c2c3ccccc3ccc2n1Cc1ccnc(N)c1. The summed E-state index contributed by atoms with van der Waals surface area (Å²) in [7, 11) is -3.89. The summed E-state index contributed by atoms with van der Waals surface area (Å²) >= 11 is 0. The van der Waals surface area contributed by atoms with Gasteiger partial charge in [-0.2, -0.15) is 0 Å². The smallest absolute Gasteiger partial charge is 0.282 e. The third kappa shape index (κ3) is 4.15. The van der Waals surface area contributed by atoms with Crippen molar-refractivity contribution < 1.29 is 13.2 Å². The van der Waals surface area contributed by atoms with Crippen LogP contribution in [0.1, 0.15) is 16.1 Å². The van der Waals surface area contributed by atoms with E-state index in [0.717, 1.165) is 22.6 Å². The molecule has 0 spiro atoms. The van der Waals surface area contributed by atoms with Crippen LogP contribution in [0.2, 0.25) is 0 Å². The van der Waals surface area contributed by atoms with Crippen molar-refractivity contribution in [2.24, 2.45) is 0 Å². The van der Waals surface area contributed by atoms with Crippen LogP contribution >= 0.6 is 0 Å². The molecular weight excluding hydrogens is 466 g/mol. The van der Waals surface area contributed by atoms with Crippen LogP contribution in [-0.2, 0) is 16.6 Å². The molecule has 0 bridgehead atoms. The summed E-state index contributed by atoms with van der Waals surface area (Å²) in [6, 6.07) is 18.1. The third-order valence-corrected chi connectivity index (χ3v) is 6.28. The predicted molar refractivity (Wildman–Crippen MR) is 136 cm³/mol. The normalized spacial score (nSPS) is 11.7. The lowest BCUT2D eigenvalue weighted by Gasteiger charge is -2.12. The summed E-state index contributed by atoms with van der Waals surface area (Å²) in [6.45, 7) is 0.193. The number of H-pyrrole nitrogens is 1. The van der Waals surface area contributed by atoms with Crippen molar-refractivity contribution in [2.45, 2.75) is 6.54 Å². The van der Waals surface area contributed by atoms with Crippen LogP contribution in [0.4, 0.5) is 5.82 Å². The van der Waals surface area contributed by atoms with E-state index in [1.807, 2.05) is 36.4 Å². The first kappa shape index (κ1) is 22.4. The van der Waals surface area contributed by atoms with Crippen molar-refractivity contribution in [1.82, 2.24) is 19.3 Å². The minimum atomic E-state index is -3.89. The number of nitrogens with one attached hydrogen (secondary N) is 2. The van der Waals surface area contributed by atoms with E-state index in [4.69, 9.17) is 5.73 Å². The van der Waals surface area contributed by atoms with Gasteiger partial charge in [0.25, 0.3) is 11.5 Å². The number of pyridine rings is 2. The first-order valence-electron chi connectivity index (χ1n) is 10.7. The van der Waals surface area contributed by atoms with E-state index in [0.29, 0.717) is 22.3 Å². The second-order valence-electron chi connectivity index (χ2n) is 8.20. The second-order valence-corrected chi connectivity index (χ2v) is 9.94. The number of sulfonamides is 1. The average molecular weight is 488 g/mol. The van der Waals surface area contributed by atoms with E-state index in [1.54, 1.807) is 35.0 Å². The molecule has 0 radical (unpaired) electrons. The van der Waals surface area contributed by atoms with E-state index < -0.39 is 21.5 Å². The van der Waals surface area contributed by atoms with Gasteiger partial charge in [-0.05, 0) is 46.7 Å². The van der Waals surface area contributed by atoms with Crippen molar-refractivity contribution >= 4 is 43.4 Å². The zero-order valence-electron chi connectivity index (χ0n) is 18.6. The largest absolute Gasteiger partial charge is 0.384 e. The van der Waals surface area contributed by atoms with Gasteiger partial charge < -0.3 is 15.3 Å². The van der Waals surface area contributed by atoms with Crippen molar-refractivity contribution in [2.75, 3.05) is 12.0 Å². The minimum Gasteiger partial charge on any atom is -0.384 e.